The molecule has 0 bridgehead atoms. The van der Waals surface area contributed by atoms with Gasteiger partial charge in [-0.05, 0) is 50.6 Å². The van der Waals surface area contributed by atoms with Gasteiger partial charge in [-0.3, -0.25) is 8.78 Å². The third kappa shape index (κ3) is 18.5. The van der Waals surface area contributed by atoms with Gasteiger partial charge in [0, 0.05) is 19.0 Å². The van der Waals surface area contributed by atoms with E-state index in [4.69, 9.17) is 0 Å². The van der Waals surface area contributed by atoms with Crippen molar-refractivity contribution in [2.45, 2.75) is 101 Å². The fourth-order valence-electron chi connectivity index (χ4n) is 3.00. The van der Waals surface area contributed by atoms with Gasteiger partial charge >= 0.3 is 0 Å². The van der Waals surface area contributed by atoms with Gasteiger partial charge in [0.15, 0.2) is 0 Å². The summed E-state index contributed by atoms with van der Waals surface area (Å²) in [4.78, 5) is 0. The summed E-state index contributed by atoms with van der Waals surface area (Å²) in [6.45, 7) is -0.643. The van der Waals surface area contributed by atoms with Crippen molar-refractivity contribution in [1.82, 2.24) is 0 Å². The molecule has 6 heteroatoms. The first-order chi connectivity index (χ1) is 11.7. The average molecular weight is 387 g/mol. The number of rotatable bonds is 19. The highest BCUT2D eigenvalue weighted by molar-refractivity contribution is 6.35. The standard InChI is InChI=1S/C18H38F4Si2/c19-11-5-3-9-17(21)15-23-13-7-1-2-8-14-24-16-18(22)10-4-6-12-20/h17-18H,1-16,23-24H2. The van der Waals surface area contributed by atoms with E-state index in [0.29, 0.717) is 38.5 Å². The van der Waals surface area contributed by atoms with Crippen LogP contribution < -0.4 is 0 Å². The van der Waals surface area contributed by atoms with Crippen molar-refractivity contribution < 1.29 is 17.6 Å². The molecule has 0 heterocycles. The van der Waals surface area contributed by atoms with E-state index < -0.39 is 12.3 Å². The van der Waals surface area contributed by atoms with E-state index in [2.05, 4.69) is 0 Å². The van der Waals surface area contributed by atoms with E-state index in [-0.39, 0.29) is 32.4 Å². The first kappa shape index (κ1) is 24.2. The number of halogens is 4. The van der Waals surface area contributed by atoms with Crippen molar-refractivity contribution in [3.8, 4) is 0 Å². The highest BCUT2D eigenvalue weighted by Gasteiger charge is 2.07. The van der Waals surface area contributed by atoms with Crippen molar-refractivity contribution in [3.63, 3.8) is 0 Å². The Hall–Kier alpha value is 0.154. The summed E-state index contributed by atoms with van der Waals surface area (Å²) in [7, 11) is -0.544. The van der Waals surface area contributed by atoms with Crippen LogP contribution in [0, 0.1) is 0 Å². The molecule has 0 aliphatic rings. The Bertz CT molecular complexity index is 221. The number of hydrogen-bond donors (Lipinski definition) is 0. The van der Waals surface area contributed by atoms with Crippen LogP contribution in [0.25, 0.3) is 0 Å². The van der Waals surface area contributed by atoms with E-state index in [0.717, 1.165) is 12.1 Å². The Balaban J connectivity index is 3.17. The molecule has 0 aliphatic heterocycles. The molecule has 0 saturated carbocycles. The van der Waals surface area contributed by atoms with Crippen LogP contribution in [0.5, 0.6) is 0 Å². The summed E-state index contributed by atoms with van der Waals surface area (Å²) in [6, 6.07) is 3.98. The molecule has 0 aromatic carbocycles. The summed E-state index contributed by atoms with van der Waals surface area (Å²) < 4.78 is 50.8. The first-order valence-electron chi connectivity index (χ1n) is 10.1. The van der Waals surface area contributed by atoms with Crippen molar-refractivity contribution in [1.29, 1.82) is 0 Å². The minimum Gasteiger partial charge on any atom is -0.251 e. The van der Waals surface area contributed by atoms with Gasteiger partial charge in [-0.2, -0.15) is 0 Å². The average Bonchev–Trinajstić information content (AvgIpc) is 2.57. The van der Waals surface area contributed by atoms with E-state index >= 15 is 0 Å². The Labute approximate surface area is 151 Å². The van der Waals surface area contributed by atoms with Gasteiger partial charge in [-0.25, -0.2) is 8.78 Å². The maximum atomic E-state index is 13.5. The maximum Gasteiger partial charge on any atom is 0.0973 e. The maximum absolute atomic E-state index is 13.5. The fraction of sp³-hybridized carbons (Fsp3) is 1.00. The second-order valence-electron chi connectivity index (χ2n) is 6.97. The molecule has 2 unspecified atom stereocenters. The lowest BCUT2D eigenvalue weighted by molar-refractivity contribution is 0.322. The van der Waals surface area contributed by atoms with E-state index in [1.165, 1.54) is 37.8 Å². The number of unbranched alkanes of at least 4 members (excludes halogenated alkanes) is 5. The zero-order chi connectivity index (χ0) is 17.9. The lowest BCUT2D eigenvalue weighted by Crippen LogP contribution is -2.05. The topological polar surface area (TPSA) is 0 Å². The highest BCUT2D eigenvalue weighted by Crippen LogP contribution is 2.13. The molecule has 0 N–H and O–H groups in total. The molecule has 0 aliphatic carbocycles. The smallest absolute Gasteiger partial charge is 0.0973 e. The largest absolute Gasteiger partial charge is 0.251 e. The second kappa shape index (κ2) is 19.5. The Kier molecular flexibility index (Phi) is 19.6. The van der Waals surface area contributed by atoms with Gasteiger partial charge in [0.2, 0.25) is 0 Å². The summed E-state index contributed by atoms with van der Waals surface area (Å²) in [5.41, 5.74) is 0. The zero-order valence-electron chi connectivity index (χ0n) is 15.4. The molecule has 24 heavy (non-hydrogen) atoms. The highest BCUT2D eigenvalue weighted by atomic mass is 28.2. The van der Waals surface area contributed by atoms with Gasteiger partial charge in [0.05, 0.1) is 25.7 Å². The quantitative estimate of drug-likeness (QED) is 0.156. The van der Waals surface area contributed by atoms with E-state index in [1.54, 1.807) is 0 Å². The minimum atomic E-state index is -0.687. The molecule has 0 aromatic heterocycles. The molecule has 0 amide bonds. The lowest BCUT2D eigenvalue weighted by Gasteiger charge is -2.07. The summed E-state index contributed by atoms with van der Waals surface area (Å²) in [6.07, 6.45) is 7.01. The van der Waals surface area contributed by atoms with Gasteiger partial charge < -0.3 is 0 Å². The predicted octanol–water partition coefficient (Wildman–Crippen LogP) is 5.51. The van der Waals surface area contributed by atoms with Crippen LogP contribution >= 0.6 is 0 Å². The third-order valence-electron chi connectivity index (χ3n) is 4.59. The van der Waals surface area contributed by atoms with Crippen LogP contribution in [0.3, 0.4) is 0 Å². The van der Waals surface area contributed by atoms with Crippen LogP contribution in [-0.2, 0) is 0 Å². The molecule has 0 saturated heterocycles. The van der Waals surface area contributed by atoms with Crippen molar-refractivity contribution in [3.05, 3.63) is 0 Å². The van der Waals surface area contributed by atoms with Crippen molar-refractivity contribution >= 4 is 19.0 Å². The third-order valence-corrected chi connectivity index (χ3v) is 8.66. The first-order valence-corrected chi connectivity index (χ1v) is 14.1. The van der Waals surface area contributed by atoms with E-state index in [9.17, 15) is 17.6 Å². The Morgan fingerprint density at radius 1 is 0.542 bits per heavy atom. The minimum absolute atomic E-state index is 0.272. The summed E-state index contributed by atoms with van der Waals surface area (Å²) in [5.74, 6) is 0. The lowest BCUT2D eigenvalue weighted by atomic mass is 10.2. The predicted molar refractivity (Wildman–Crippen MR) is 104 cm³/mol. The van der Waals surface area contributed by atoms with Crippen LogP contribution in [0.1, 0.15) is 64.2 Å². The van der Waals surface area contributed by atoms with Crippen LogP contribution in [0.15, 0.2) is 0 Å². The SMILES string of the molecule is FCCCCC(F)C[SiH2]CCCCCC[SiH2]CC(F)CCCCF. The molecule has 0 nitrogen and oxygen atoms in total. The van der Waals surface area contributed by atoms with Crippen LogP contribution in [0.2, 0.25) is 24.2 Å². The molecule has 0 aromatic rings. The van der Waals surface area contributed by atoms with Gasteiger partial charge in [0.1, 0.15) is 0 Å². The zero-order valence-corrected chi connectivity index (χ0v) is 18.2. The van der Waals surface area contributed by atoms with Gasteiger partial charge in [-0.15, -0.1) is 0 Å². The Morgan fingerprint density at radius 3 is 1.33 bits per heavy atom. The normalized spacial score (nSPS) is 15.0. The molecule has 0 rings (SSSR count). The van der Waals surface area contributed by atoms with Crippen molar-refractivity contribution in [2.75, 3.05) is 13.3 Å². The van der Waals surface area contributed by atoms with Crippen LogP contribution in [-0.4, -0.2) is 44.7 Å². The molecule has 0 radical (unpaired) electrons. The molecule has 0 spiro atoms. The molecular formula is C18H38F4Si2. The summed E-state index contributed by atoms with van der Waals surface area (Å²) >= 11 is 0. The fourth-order valence-corrected chi connectivity index (χ4v) is 6.46. The van der Waals surface area contributed by atoms with Gasteiger partial charge in [-0.1, -0.05) is 37.8 Å². The monoisotopic (exact) mass is 386 g/mol. The molecule has 0 fully saturated rings. The van der Waals surface area contributed by atoms with E-state index in [1.807, 2.05) is 0 Å². The number of hydrogen-bond acceptors (Lipinski definition) is 0. The molecular weight excluding hydrogens is 348 g/mol. The van der Waals surface area contributed by atoms with Crippen molar-refractivity contribution in [2.24, 2.45) is 0 Å². The molecule has 146 valence electrons. The van der Waals surface area contributed by atoms with Crippen LogP contribution in [0.4, 0.5) is 17.6 Å². The van der Waals surface area contributed by atoms with Gasteiger partial charge in [0.25, 0.3) is 0 Å². The molecule has 2 atom stereocenters. The Morgan fingerprint density at radius 2 is 0.958 bits per heavy atom. The summed E-state index contributed by atoms with van der Waals surface area (Å²) in [5, 5.41) is 0. The second-order valence-corrected chi connectivity index (χ2v) is 11.0. The number of alkyl halides is 4.